The summed E-state index contributed by atoms with van der Waals surface area (Å²) in [4.78, 5) is 0. The maximum Gasteiger partial charge on any atom is 0.168 e. The van der Waals surface area contributed by atoms with Gasteiger partial charge in [-0.15, -0.1) is 0 Å². The summed E-state index contributed by atoms with van der Waals surface area (Å²) < 4.78 is 34.8. The van der Waals surface area contributed by atoms with Gasteiger partial charge < -0.3 is 10.1 Å². The molecule has 4 heteroatoms. The Labute approximate surface area is 135 Å². The minimum atomic E-state index is -1.52. The first-order valence-electron chi connectivity index (χ1n) is 7.79. The fraction of sp³-hybridized carbons (Fsp3) is 0.368. The molecule has 2 atom stereocenters. The number of ether oxygens (including phenoxy) is 1. The van der Waals surface area contributed by atoms with Crippen LogP contribution in [0.2, 0.25) is 0 Å². The van der Waals surface area contributed by atoms with Crippen LogP contribution >= 0.6 is 0 Å². The van der Waals surface area contributed by atoms with Gasteiger partial charge in [0, 0.05) is 13.0 Å². The van der Waals surface area contributed by atoms with E-state index >= 15 is 4.39 Å². The second-order valence-electron chi connectivity index (χ2n) is 6.35. The zero-order chi connectivity index (χ0) is 16.6. The summed E-state index contributed by atoms with van der Waals surface area (Å²) in [5.74, 6) is 0.196. The Bertz CT molecular complexity index is 731. The van der Waals surface area contributed by atoms with Crippen molar-refractivity contribution in [2.75, 3.05) is 13.6 Å². The molecule has 122 valence electrons. The Hall–Kier alpha value is -1.94. The number of hydrogen-bond acceptors (Lipinski definition) is 2. The third-order valence-corrected chi connectivity index (χ3v) is 4.39. The summed E-state index contributed by atoms with van der Waals surface area (Å²) in [7, 11) is 1.73. The van der Waals surface area contributed by atoms with Crippen LogP contribution in [0.15, 0.2) is 36.4 Å². The predicted octanol–water partition coefficient (Wildman–Crippen LogP) is 4.05. The summed E-state index contributed by atoms with van der Waals surface area (Å²) in [5.41, 5.74) is 2.10. The molecule has 0 aromatic heterocycles. The van der Waals surface area contributed by atoms with Gasteiger partial charge in [-0.25, -0.2) is 8.78 Å². The van der Waals surface area contributed by atoms with Crippen LogP contribution in [0, 0.1) is 19.7 Å². The number of fused-ring (bicyclic) bond motifs is 1. The summed E-state index contributed by atoms with van der Waals surface area (Å²) in [6, 6.07) is 10.2. The molecule has 1 aliphatic carbocycles. The van der Waals surface area contributed by atoms with E-state index in [-0.39, 0.29) is 12.4 Å². The van der Waals surface area contributed by atoms with Crippen LogP contribution in [0.5, 0.6) is 5.75 Å². The quantitative estimate of drug-likeness (QED) is 0.918. The van der Waals surface area contributed by atoms with Gasteiger partial charge in [0.2, 0.25) is 0 Å². The monoisotopic (exact) mass is 317 g/mol. The number of alkyl halides is 1. The lowest BCUT2D eigenvalue weighted by Crippen LogP contribution is -2.41. The first kappa shape index (κ1) is 15.9. The van der Waals surface area contributed by atoms with Crippen LogP contribution in [0.1, 0.15) is 28.4 Å². The van der Waals surface area contributed by atoms with Crippen LogP contribution in [0.4, 0.5) is 8.78 Å². The highest BCUT2D eigenvalue weighted by Gasteiger charge is 2.48. The molecule has 3 rings (SSSR count). The molecule has 1 N–H and O–H groups in total. The Kier molecular flexibility index (Phi) is 4.11. The highest BCUT2D eigenvalue weighted by molar-refractivity contribution is 5.43. The van der Waals surface area contributed by atoms with Crippen LogP contribution in [-0.4, -0.2) is 19.3 Å². The van der Waals surface area contributed by atoms with Gasteiger partial charge >= 0.3 is 0 Å². The summed E-state index contributed by atoms with van der Waals surface area (Å²) >= 11 is 0. The van der Waals surface area contributed by atoms with Crippen molar-refractivity contribution in [1.29, 1.82) is 0 Å². The van der Waals surface area contributed by atoms with Crippen LogP contribution in [-0.2, 0) is 6.42 Å². The topological polar surface area (TPSA) is 21.3 Å². The van der Waals surface area contributed by atoms with Gasteiger partial charge in [0.1, 0.15) is 11.6 Å². The Morgan fingerprint density at radius 1 is 1.22 bits per heavy atom. The number of halogens is 2. The highest BCUT2D eigenvalue weighted by atomic mass is 19.1. The Balaban J connectivity index is 1.99. The smallest absolute Gasteiger partial charge is 0.168 e. The lowest BCUT2D eigenvalue weighted by molar-refractivity contribution is 0.0227. The van der Waals surface area contributed by atoms with E-state index in [4.69, 9.17) is 4.74 Å². The summed E-state index contributed by atoms with van der Waals surface area (Å²) in [5, 5.41) is 2.92. The van der Waals surface area contributed by atoms with Crippen LogP contribution in [0.3, 0.4) is 0 Å². The van der Waals surface area contributed by atoms with Crippen molar-refractivity contribution in [3.8, 4) is 5.75 Å². The number of benzene rings is 2. The van der Waals surface area contributed by atoms with Gasteiger partial charge in [-0.05, 0) is 55.8 Å². The van der Waals surface area contributed by atoms with Gasteiger partial charge in [-0.3, -0.25) is 0 Å². The Morgan fingerprint density at radius 3 is 2.70 bits per heavy atom. The van der Waals surface area contributed by atoms with E-state index in [1.54, 1.807) is 20.0 Å². The molecule has 0 amide bonds. The van der Waals surface area contributed by atoms with E-state index in [0.29, 0.717) is 17.7 Å². The fourth-order valence-electron chi connectivity index (χ4n) is 3.32. The number of hydrogen-bond donors (Lipinski definition) is 1. The third-order valence-electron chi connectivity index (χ3n) is 4.39. The first-order chi connectivity index (χ1) is 10.9. The second-order valence-corrected chi connectivity index (χ2v) is 6.35. The van der Waals surface area contributed by atoms with E-state index in [1.165, 1.54) is 12.1 Å². The molecule has 23 heavy (non-hydrogen) atoms. The molecule has 0 spiro atoms. The zero-order valence-corrected chi connectivity index (χ0v) is 13.6. The maximum atomic E-state index is 15.5. The molecule has 0 saturated carbocycles. The minimum absolute atomic E-state index is 0.200. The van der Waals surface area contributed by atoms with Crippen molar-refractivity contribution in [3.05, 3.63) is 64.5 Å². The Morgan fingerprint density at radius 2 is 2.00 bits per heavy atom. The molecule has 0 radical (unpaired) electrons. The van der Waals surface area contributed by atoms with Gasteiger partial charge in [-0.1, -0.05) is 23.8 Å². The van der Waals surface area contributed by atoms with Gasteiger partial charge in [0.25, 0.3) is 0 Å². The van der Waals surface area contributed by atoms with Crippen molar-refractivity contribution >= 4 is 0 Å². The molecule has 0 aliphatic heterocycles. The summed E-state index contributed by atoms with van der Waals surface area (Å²) in [6.45, 7) is 3.96. The van der Waals surface area contributed by atoms with Crippen LogP contribution in [0.25, 0.3) is 0 Å². The molecular formula is C19H21F2NO. The van der Waals surface area contributed by atoms with Gasteiger partial charge in [0.15, 0.2) is 11.8 Å². The number of nitrogens with one attached hydrogen (secondary N) is 1. The molecule has 2 nitrogen and oxygen atoms in total. The number of aryl methyl sites for hydroxylation is 2. The van der Waals surface area contributed by atoms with E-state index in [2.05, 4.69) is 5.32 Å². The standard InChI is InChI=1S/C19H21F2NO/c1-12-4-6-16-14(8-12)10-19(21,11-22-3)18(16)23-17-7-5-15(20)9-13(17)2/h4-9,18,22H,10-11H2,1-3H3. The maximum absolute atomic E-state index is 15.5. The fourth-order valence-corrected chi connectivity index (χ4v) is 3.32. The normalized spacial score (nSPS) is 22.9. The molecule has 2 aromatic carbocycles. The molecule has 1 aliphatic rings. The van der Waals surface area contributed by atoms with Gasteiger partial charge in [0.05, 0.1) is 0 Å². The average molecular weight is 317 g/mol. The van der Waals surface area contributed by atoms with Crippen molar-refractivity contribution in [2.45, 2.75) is 32.0 Å². The largest absolute Gasteiger partial charge is 0.482 e. The predicted molar refractivity (Wildman–Crippen MR) is 87.2 cm³/mol. The lowest BCUT2D eigenvalue weighted by atomic mass is 9.99. The van der Waals surface area contributed by atoms with Crippen LogP contribution < -0.4 is 10.1 Å². The second kappa shape index (κ2) is 5.93. The van der Waals surface area contributed by atoms with Crippen molar-refractivity contribution in [3.63, 3.8) is 0 Å². The average Bonchev–Trinajstić information content (AvgIpc) is 2.73. The molecular weight excluding hydrogens is 296 g/mol. The van der Waals surface area contributed by atoms with E-state index in [1.807, 2.05) is 25.1 Å². The highest BCUT2D eigenvalue weighted by Crippen LogP contribution is 2.45. The van der Waals surface area contributed by atoms with Crippen molar-refractivity contribution in [1.82, 2.24) is 5.32 Å². The molecule has 0 fully saturated rings. The number of rotatable bonds is 4. The van der Waals surface area contributed by atoms with E-state index in [0.717, 1.165) is 16.7 Å². The molecule has 0 saturated heterocycles. The van der Waals surface area contributed by atoms with E-state index in [9.17, 15) is 4.39 Å². The van der Waals surface area contributed by atoms with Crippen molar-refractivity contribution in [2.24, 2.45) is 0 Å². The molecule has 2 aromatic rings. The molecule has 0 bridgehead atoms. The molecule has 2 unspecified atom stereocenters. The molecule has 0 heterocycles. The minimum Gasteiger partial charge on any atom is -0.482 e. The van der Waals surface area contributed by atoms with Crippen molar-refractivity contribution < 1.29 is 13.5 Å². The van der Waals surface area contributed by atoms with Gasteiger partial charge in [-0.2, -0.15) is 0 Å². The first-order valence-corrected chi connectivity index (χ1v) is 7.79. The SMILES string of the molecule is CNCC1(F)Cc2cc(C)ccc2C1Oc1ccc(F)cc1C. The zero-order valence-electron chi connectivity index (χ0n) is 13.6. The third kappa shape index (κ3) is 2.95. The summed E-state index contributed by atoms with van der Waals surface area (Å²) in [6.07, 6.45) is -0.384. The van der Waals surface area contributed by atoms with E-state index < -0.39 is 11.8 Å². The lowest BCUT2D eigenvalue weighted by Gasteiger charge is -2.29.